The second kappa shape index (κ2) is 4.78. The van der Waals surface area contributed by atoms with Gasteiger partial charge in [0.15, 0.2) is 0 Å². The van der Waals surface area contributed by atoms with Crippen molar-refractivity contribution in [2.45, 2.75) is 33.2 Å². The van der Waals surface area contributed by atoms with Crippen LogP contribution in [0.5, 0.6) is 0 Å². The number of likely N-dealkylation sites (N-methyl/N-ethyl adjacent to an activating group) is 1. The molecular formula is C12H20N4. The summed E-state index contributed by atoms with van der Waals surface area (Å²) in [5.41, 5.74) is 1.05. The van der Waals surface area contributed by atoms with Crippen LogP contribution in [0.4, 0.5) is 5.82 Å². The van der Waals surface area contributed by atoms with Gasteiger partial charge in [0.25, 0.3) is 0 Å². The van der Waals surface area contributed by atoms with E-state index < -0.39 is 0 Å². The Morgan fingerprint density at radius 3 is 2.94 bits per heavy atom. The number of aromatic nitrogens is 2. The van der Waals surface area contributed by atoms with E-state index >= 15 is 0 Å². The fourth-order valence-corrected chi connectivity index (χ4v) is 2.28. The van der Waals surface area contributed by atoms with Gasteiger partial charge in [0.05, 0.1) is 0 Å². The molecule has 88 valence electrons. The predicted molar refractivity (Wildman–Crippen MR) is 65.8 cm³/mol. The Hall–Kier alpha value is -1.16. The van der Waals surface area contributed by atoms with E-state index in [2.05, 4.69) is 33.2 Å². The van der Waals surface area contributed by atoms with Crippen molar-refractivity contribution in [3.8, 4) is 0 Å². The van der Waals surface area contributed by atoms with E-state index in [1.54, 1.807) is 0 Å². The minimum atomic E-state index is 0.612. The molecule has 0 aliphatic carbocycles. The minimum Gasteiger partial charge on any atom is -0.355 e. The summed E-state index contributed by atoms with van der Waals surface area (Å²) >= 11 is 0. The van der Waals surface area contributed by atoms with Crippen molar-refractivity contribution in [2.75, 3.05) is 24.5 Å². The van der Waals surface area contributed by atoms with Crippen molar-refractivity contribution in [1.29, 1.82) is 0 Å². The highest BCUT2D eigenvalue weighted by atomic mass is 15.2. The minimum absolute atomic E-state index is 0.612. The molecule has 0 saturated carbocycles. The lowest BCUT2D eigenvalue weighted by Crippen LogP contribution is -2.32. The molecular weight excluding hydrogens is 200 g/mol. The molecule has 16 heavy (non-hydrogen) atoms. The summed E-state index contributed by atoms with van der Waals surface area (Å²) in [6, 6.07) is 2.68. The lowest BCUT2D eigenvalue weighted by Gasteiger charge is -2.18. The third-order valence-electron chi connectivity index (χ3n) is 2.96. The Labute approximate surface area is 97.1 Å². The molecule has 0 bridgehead atoms. The Balaban J connectivity index is 2.08. The smallest absolute Gasteiger partial charge is 0.132 e. The molecule has 1 aromatic heterocycles. The topological polar surface area (TPSA) is 41.0 Å². The molecule has 0 amide bonds. The van der Waals surface area contributed by atoms with Crippen molar-refractivity contribution in [3.05, 3.63) is 17.6 Å². The summed E-state index contributed by atoms with van der Waals surface area (Å²) < 4.78 is 0. The van der Waals surface area contributed by atoms with Gasteiger partial charge in [-0.1, -0.05) is 6.92 Å². The molecule has 0 aromatic carbocycles. The van der Waals surface area contributed by atoms with Crippen LogP contribution in [0.15, 0.2) is 6.07 Å². The average molecular weight is 220 g/mol. The SMILES string of the molecule is CCNC1CCN(c2cc(C)nc(C)n2)C1. The molecule has 1 aromatic rings. The van der Waals surface area contributed by atoms with Gasteiger partial charge in [-0.25, -0.2) is 9.97 Å². The van der Waals surface area contributed by atoms with E-state index in [1.165, 1.54) is 6.42 Å². The van der Waals surface area contributed by atoms with Crippen LogP contribution in [0.25, 0.3) is 0 Å². The quantitative estimate of drug-likeness (QED) is 0.833. The number of rotatable bonds is 3. The van der Waals surface area contributed by atoms with Crippen LogP contribution in [0.3, 0.4) is 0 Å². The van der Waals surface area contributed by atoms with Crippen LogP contribution in [-0.2, 0) is 0 Å². The molecule has 0 spiro atoms. The van der Waals surface area contributed by atoms with Crippen LogP contribution >= 0.6 is 0 Å². The number of aryl methyl sites for hydroxylation is 2. The molecule has 1 unspecified atom stereocenters. The Kier molecular flexibility index (Phi) is 3.39. The molecule has 4 nitrogen and oxygen atoms in total. The van der Waals surface area contributed by atoms with Gasteiger partial charge < -0.3 is 10.2 Å². The molecule has 1 fully saturated rings. The monoisotopic (exact) mass is 220 g/mol. The van der Waals surface area contributed by atoms with Gasteiger partial charge in [-0.15, -0.1) is 0 Å². The summed E-state index contributed by atoms with van der Waals surface area (Å²) in [7, 11) is 0. The summed E-state index contributed by atoms with van der Waals surface area (Å²) in [6.07, 6.45) is 1.20. The van der Waals surface area contributed by atoms with Crippen LogP contribution in [0.1, 0.15) is 24.9 Å². The highest BCUT2D eigenvalue weighted by Gasteiger charge is 2.22. The predicted octanol–water partition coefficient (Wildman–Crippen LogP) is 1.28. The Morgan fingerprint density at radius 2 is 2.25 bits per heavy atom. The molecule has 1 saturated heterocycles. The van der Waals surface area contributed by atoms with Crippen LogP contribution in [0.2, 0.25) is 0 Å². The van der Waals surface area contributed by atoms with Gasteiger partial charge in [-0.2, -0.15) is 0 Å². The Bertz CT molecular complexity index is 344. The van der Waals surface area contributed by atoms with Crippen molar-refractivity contribution < 1.29 is 0 Å². The van der Waals surface area contributed by atoms with E-state index in [0.29, 0.717) is 6.04 Å². The Morgan fingerprint density at radius 1 is 1.44 bits per heavy atom. The number of hydrogen-bond donors (Lipinski definition) is 1. The molecule has 1 atom stereocenters. The maximum Gasteiger partial charge on any atom is 0.132 e. The van der Waals surface area contributed by atoms with Gasteiger partial charge in [-0.3, -0.25) is 0 Å². The third kappa shape index (κ3) is 2.50. The zero-order chi connectivity index (χ0) is 11.5. The first kappa shape index (κ1) is 11.3. The highest BCUT2D eigenvalue weighted by molar-refractivity contribution is 5.41. The standard InChI is InChI=1S/C12H20N4/c1-4-13-11-5-6-16(8-11)12-7-9(2)14-10(3)15-12/h7,11,13H,4-6,8H2,1-3H3. The molecule has 1 aliphatic rings. The van der Waals surface area contributed by atoms with Gasteiger partial charge in [-0.05, 0) is 26.8 Å². The molecule has 1 aliphatic heterocycles. The number of hydrogen-bond acceptors (Lipinski definition) is 4. The van der Waals surface area contributed by atoms with Gasteiger partial charge in [0.2, 0.25) is 0 Å². The fourth-order valence-electron chi connectivity index (χ4n) is 2.28. The zero-order valence-corrected chi connectivity index (χ0v) is 10.3. The van der Waals surface area contributed by atoms with Gasteiger partial charge in [0.1, 0.15) is 11.6 Å². The van der Waals surface area contributed by atoms with E-state index in [1.807, 2.05) is 13.8 Å². The van der Waals surface area contributed by atoms with Gasteiger partial charge >= 0.3 is 0 Å². The summed E-state index contributed by atoms with van der Waals surface area (Å²) in [5.74, 6) is 1.94. The van der Waals surface area contributed by atoms with Crippen LogP contribution in [0, 0.1) is 13.8 Å². The lowest BCUT2D eigenvalue weighted by molar-refractivity contribution is 0.571. The lowest BCUT2D eigenvalue weighted by atomic mass is 10.3. The van der Waals surface area contributed by atoms with Crippen LogP contribution < -0.4 is 10.2 Å². The fraction of sp³-hybridized carbons (Fsp3) is 0.667. The van der Waals surface area contributed by atoms with Crippen molar-refractivity contribution in [3.63, 3.8) is 0 Å². The molecule has 2 rings (SSSR count). The summed E-state index contributed by atoms with van der Waals surface area (Å²) in [5, 5.41) is 3.49. The molecule has 2 heterocycles. The molecule has 4 heteroatoms. The maximum atomic E-state index is 4.50. The van der Waals surface area contributed by atoms with E-state index in [4.69, 9.17) is 0 Å². The van der Waals surface area contributed by atoms with Crippen molar-refractivity contribution in [2.24, 2.45) is 0 Å². The first-order chi connectivity index (χ1) is 7.69. The summed E-state index contributed by atoms with van der Waals surface area (Å²) in [6.45, 7) is 9.32. The number of nitrogens with one attached hydrogen (secondary N) is 1. The molecule has 0 radical (unpaired) electrons. The largest absolute Gasteiger partial charge is 0.355 e. The second-order valence-electron chi connectivity index (χ2n) is 4.40. The number of nitrogens with zero attached hydrogens (tertiary/aromatic N) is 3. The maximum absolute atomic E-state index is 4.50. The first-order valence-corrected chi connectivity index (χ1v) is 5.99. The second-order valence-corrected chi connectivity index (χ2v) is 4.40. The highest BCUT2D eigenvalue weighted by Crippen LogP contribution is 2.18. The number of anilines is 1. The van der Waals surface area contributed by atoms with Crippen molar-refractivity contribution >= 4 is 5.82 Å². The first-order valence-electron chi connectivity index (χ1n) is 5.99. The normalized spacial score (nSPS) is 20.4. The van der Waals surface area contributed by atoms with E-state index in [-0.39, 0.29) is 0 Å². The average Bonchev–Trinajstić information content (AvgIpc) is 2.65. The third-order valence-corrected chi connectivity index (χ3v) is 2.96. The van der Waals surface area contributed by atoms with Crippen molar-refractivity contribution in [1.82, 2.24) is 15.3 Å². The van der Waals surface area contributed by atoms with E-state index in [0.717, 1.165) is 37.0 Å². The van der Waals surface area contributed by atoms with E-state index in [9.17, 15) is 0 Å². The molecule has 1 N–H and O–H groups in total. The van der Waals surface area contributed by atoms with Gasteiger partial charge in [0, 0.05) is 30.9 Å². The summed E-state index contributed by atoms with van der Waals surface area (Å²) in [4.78, 5) is 11.1. The van der Waals surface area contributed by atoms with Crippen LogP contribution in [-0.4, -0.2) is 35.6 Å². The zero-order valence-electron chi connectivity index (χ0n) is 10.3.